The molecule has 0 saturated heterocycles. The highest BCUT2D eigenvalue weighted by Gasteiger charge is 2.12. The van der Waals surface area contributed by atoms with Gasteiger partial charge in [-0.15, -0.1) is 0 Å². The highest BCUT2D eigenvalue weighted by atomic mass is 32.1. The molecule has 0 atom stereocenters. The lowest BCUT2D eigenvalue weighted by atomic mass is 10.2. The number of ether oxygens (including phenoxy) is 1. The summed E-state index contributed by atoms with van der Waals surface area (Å²) in [4.78, 5) is 13.8. The summed E-state index contributed by atoms with van der Waals surface area (Å²) in [6, 6.07) is 7.46. The zero-order valence-corrected chi connectivity index (χ0v) is 10.4. The van der Waals surface area contributed by atoms with Crippen LogP contribution >= 0.6 is 11.3 Å². The molecule has 7 heteroatoms. The summed E-state index contributed by atoms with van der Waals surface area (Å²) >= 11 is 0.906. The lowest BCUT2D eigenvalue weighted by molar-refractivity contribution is -0.380. The maximum atomic E-state index is 10.5. The number of nitro groups is 1. The Morgan fingerprint density at radius 2 is 2.17 bits per heavy atom. The fraction of sp³-hybridized carbons (Fsp3) is 0.182. The number of hydrogen-bond donors (Lipinski definition) is 1. The minimum atomic E-state index is -0.486. The zero-order valence-electron chi connectivity index (χ0n) is 9.62. The highest BCUT2D eigenvalue weighted by molar-refractivity contribution is 7.16. The van der Waals surface area contributed by atoms with Crippen molar-refractivity contribution in [2.45, 2.75) is 6.54 Å². The van der Waals surface area contributed by atoms with E-state index in [1.54, 1.807) is 12.1 Å². The Morgan fingerprint density at radius 1 is 1.44 bits per heavy atom. The molecule has 0 spiro atoms. The normalized spacial score (nSPS) is 10.3. The number of nitrogens with zero attached hydrogens (tertiary/aromatic N) is 2. The fourth-order valence-corrected chi connectivity index (χ4v) is 1.96. The summed E-state index contributed by atoms with van der Waals surface area (Å²) in [5.41, 5.74) is 1.13. The predicted molar refractivity (Wildman–Crippen MR) is 68.0 cm³/mol. The first kappa shape index (κ1) is 12.5. The lowest BCUT2D eigenvalue weighted by Crippen LogP contribution is -2.04. The number of aromatic nitrogens is 1. The van der Waals surface area contributed by atoms with Crippen LogP contribution in [0.5, 0.6) is 10.9 Å². The van der Waals surface area contributed by atoms with Gasteiger partial charge in [-0.1, -0.05) is 12.1 Å². The van der Waals surface area contributed by atoms with Crippen LogP contribution < -0.4 is 10.1 Å². The molecule has 18 heavy (non-hydrogen) atoms. The maximum Gasteiger partial charge on any atom is 0.347 e. The van der Waals surface area contributed by atoms with Gasteiger partial charge in [-0.25, -0.2) is 4.98 Å². The number of hydrogen-bond acceptors (Lipinski definition) is 6. The Bertz CT molecular complexity index is 539. The van der Waals surface area contributed by atoms with Crippen LogP contribution in [-0.2, 0) is 6.54 Å². The van der Waals surface area contributed by atoms with E-state index < -0.39 is 4.92 Å². The van der Waals surface area contributed by atoms with Gasteiger partial charge in [0.25, 0.3) is 5.19 Å². The molecular weight excluding hydrogens is 254 g/mol. The van der Waals surface area contributed by atoms with E-state index in [1.807, 2.05) is 19.2 Å². The third-order valence-corrected chi connectivity index (χ3v) is 2.99. The number of rotatable bonds is 5. The maximum absolute atomic E-state index is 10.5. The Balaban J connectivity index is 2.06. The zero-order chi connectivity index (χ0) is 13.0. The average Bonchev–Trinajstić information content (AvgIpc) is 2.81. The Labute approximate surface area is 107 Å². The van der Waals surface area contributed by atoms with E-state index in [1.165, 1.54) is 6.20 Å². The van der Waals surface area contributed by atoms with Crippen molar-refractivity contribution in [3.8, 4) is 10.9 Å². The van der Waals surface area contributed by atoms with Crippen molar-refractivity contribution in [2.24, 2.45) is 0 Å². The molecule has 0 unspecified atom stereocenters. The van der Waals surface area contributed by atoms with Gasteiger partial charge in [-0.2, -0.15) is 0 Å². The first-order valence-corrected chi connectivity index (χ1v) is 6.02. The van der Waals surface area contributed by atoms with Crippen molar-refractivity contribution in [2.75, 3.05) is 7.05 Å². The van der Waals surface area contributed by atoms with Crippen LogP contribution in [0.25, 0.3) is 0 Å². The van der Waals surface area contributed by atoms with Crippen molar-refractivity contribution >= 4 is 16.3 Å². The quantitative estimate of drug-likeness (QED) is 0.664. The van der Waals surface area contributed by atoms with Gasteiger partial charge in [-0.05, 0) is 36.1 Å². The molecule has 0 aliphatic rings. The van der Waals surface area contributed by atoms with Crippen LogP contribution in [0.2, 0.25) is 0 Å². The molecule has 2 rings (SSSR count). The molecule has 1 heterocycles. The van der Waals surface area contributed by atoms with Crippen LogP contribution in [0.3, 0.4) is 0 Å². The van der Waals surface area contributed by atoms with Gasteiger partial charge in [0, 0.05) is 6.54 Å². The largest absolute Gasteiger partial charge is 0.431 e. The molecule has 0 fully saturated rings. The second-order valence-corrected chi connectivity index (χ2v) is 4.47. The molecule has 0 aliphatic heterocycles. The van der Waals surface area contributed by atoms with E-state index in [2.05, 4.69) is 10.3 Å². The summed E-state index contributed by atoms with van der Waals surface area (Å²) in [6.45, 7) is 0.781. The van der Waals surface area contributed by atoms with Crippen LogP contribution in [0.15, 0.2) is 30.5 Å². The first-order chi connectivity index (χ1) is 8.69. The second-order valence-electron chi connectivity index (χ2n) is 3.50. The summed E-state index contributed by atoms with van der Waals surface area (Å²) in [5.74, 6) is 0.610. The molecule has 0 saturated carbocycles. The van der Waals surface area contributed by atoms with Crippen LogP contribution in [-0.4, -0.2) is 17.0 Å². The Kier molecular flexibility index (Phi) is 3.85. The number of thiazole rings is 1. The fourth-order valence-electron chi connectivity index (χ4n) is 1.36. The van der Waals surface area contributed by atoms with Gasteiger partial charge in [-0.3, -0.25) is 10.1 Å². The molecule has 1 aromatic carbocycles. The van der Waals surface area contributed by atoms with Crippen molar-refractivity contribution in [3.05, 3.63) is 46.1 Å². The first-order valence-electron chi connectivity index (χ1n) is 5.20. The minimum Gasteiger partial charge on any atom is -0.431 e. The second kappa shape index (κ2) is 5.56. The summed E-state index contributed by atoms with van der Waals surface area (Å²) in [6.07, 6.45) is 1.19. The topological polar surface area (TPSA) is 77.3 Å². The number of nitrogens with one attached hydrogen (secondary N) is 1. The van der Waals surface area contributed by atoms with E-state index >= 15 is 0 Å². The molecule has 1 aromatic heterocycles. The molecular formula is C11H11N3O3S. The van der Waals surface area contributed by atoms with E-state index in [0.29, 0.717) is 5.75 Å². The van der Waals surface area contributed by atoms with Crippen molar-refractivity contribution in [1.29, 1.82) is 0 Å². The summed E-state index contributed by atoms with van der Waals surface area (Å²) in [7, 11) is 1.87. The van der Waals surface area contributed by atoms with Crippen molar-refractivity contribution in [3.63, 3.8) is 0 Å². The molecule has 6 nitrogen and oxygen atoms in total. The van der Waals surface area contributed by atoms with Gasteiger partial charge in [0.2, 0.25) is 0 Å². The van der Waals surface area contributed by atoms with E-state index in [0.717, 1.165) is 23.4 Å². The van der Waals surface area contributed by atoms with E-state index in [9.17, 15) is 10.1 Å². The van der Waals surface area contributed by atoms with Gasteiger partial charge in [0.15, 0.2) is 0 Å². The lowest BCUT2D eigenvalue weighted by Gasteiger charge is -2.03. The molecule has 0 radical (unpaired) electrons. The standard InChI is InChI=1S/C11H11N3O3S/c1-12-6-8-2-4-9(5-3-8)17-11-13-7-10(18-11)14(15)16/h2-5,7,12H,6H2,1H3. The predicted octanol–water partition coefficient (Wildman–Crippen LogP) is 2.56. The van der Waals surface area contributed by atoms with E-state index in [-0.39, 0.29) is 10.2 Å². The SMILES string of the molecule is CNCc1ccc(Oc2ncc([N+](=O)[O-])s2)cc1. The van der Waals surface area contributed by atoms with Crippen LogP contribution in [0, 0.1) is 10.1 Å². The minimum absolute atomic E-state index is 0.0307. The molecule has 0 amide bonds. The van der Waals surface area contributed by atoms with Crippen LogP contribution in [0.4, 0.5) is 5.00 Å². The van der Waals surface area contributed by atoms with Crippen LogP contribution in [0.1, 0.15) is 5.56 Å². The monoisotopic (exact) mass is 265 g/mol. The molecule has 2 aromatic rings. The molecule has 0 aliphatic carbocycles. The summed E-state index contributed by atoms with van der Waals surface area (Å²) in [5, 5.41) is 13.8. The van der Waals surface area contributed by atoms with Crippen molar-refractivity contribution in [1.82, 2.24) is 10.3 Å². The van der Waals surface area contributed by atoms with Gasteiger partial charge >= 0.3 is 5.00 Å². The van der Waals surface area contributed by atoms with Gasteiger partial charge in [0.05, 0.1) is 4.92 Å². The Morgan fingerprint density at radius 3 is 2.72 bits per heavy atom. The van der Waals surface area contributed by atoms with E-state index in [4.69, 9.17) is 4.74 Å². The third-order valence-electron chi connectivity index (χ3n) is 2.16. The smallest absolute Gasteiger partial charge is 0.347 e. The highest BCUT2D eigenvalue weighted by Crippen LogP contribution is 2.30. The molecule has 94 valence electrons. The van der Waals surface area contributed by atoms with Gasteiger partial charge < -0.3 is 10.1 Å². The molecule has 0 bridgehead atoms. The number of benzene rings is 1. The third kappa shape index (κ3) is 3.02. The average molecular weight is 265 g/mol. The Hall–Kier alpha value is -1.99. The van der Waals surface area contributed by atoms with Crippen molar-refractivity contribution < 1.29 is 9.66 Å². The molecule has 1 N–H and O–H groups in total. The summed E-state index contributed by atoms with van der Waals surface area (Å²) < 4.78 is 5.42. The van der Waals surface area contributed by atoms with Gasteiger partial charge in [0.1, 0.15) is 11.9 Å².